The SMILES string of the molecule is CC(C)C(C)(O)C=NC(C)(C)C.CC(C)C(C)(O)C=NC(C)(C)C.CC(C)N=CC(C)(C)O.CC(C)N=CC(C)(C)O.CN(C)CC(C)(C)O.CN(C)CC(C)(C)O.CN(C)CC(C)(C)O.CN(C)CC(C)(C)O.CN=CC(C)(C)O.CN=CC(C)(C)O.C[Si](C)(C)[N-][Si](C)(C)C.C[Si](C)(C)[N-][Si](C)(C)C.C[Si](C)(C)[N-][Si](C)(C)C.[Co+3].[Co].[Co].[Cu].[Cu].[Ni]. The van der Waals surface area contributed by atoms with Crippen LogP contribution in [0.4, 0.5) is 0 Å². The standard InChI is InChI=1S/2C10H21NO.2C7H15NO.4C6H15NO.3C6H18NSi2.2C5H11NO.3Co.2Cu.Ni/c2*1-8(2)10(6,12)7-11-9(3,4)5;2*1-6(2)8-5-7(3,4)9;4*1-6(2,8)5-7(3)4;3*1-8(2,3)7-9(4,5)6;2*1-5(2,7)4-6-3;;;;;;/h2*7-8,12H,1-6H3;2*5-6,9H,1-4H3;4*8H,5H2,1-4H3;3*1-6H3;2*4,7H,1-3H3;;;;;;/q;;;;;;;;3*-1;;;;;+3;;;. The molecule has 0 aliphatic carbocycles. The molecule has 2 atom stereocenters. The summed E-state index contributed by atoms with van der Waals surface area (Å²) in [6.07, 6.45) is 9.42. The van der Waals surface area contributed by atoms with Crippen molar-refractivity contribution in [3.05, 3.63) is 13.9 Å². The molecular formula is C86H208Co3Cu2N13NiO10Si6. The molecule has 0 spiro atoms. The first-order valence-corrected chi connectivity index (χ1v) is 61.9. The minimum atomic E-state index is -1.11. The molecule has 0 rings (SSSR count). The Hall–Kier alpha value is 1.69. The fourth-order valence-corrected chi connectivity index (χ4v) is 32.5. The molecule has 0 saturated carbocycles. The van der Waals surface area contributed by atoms with Gasteiger partial charge in [0.15, 0.2) is 0 Å². The maximum Gasteiger partial charge on any atom is 3.00 e. The zero-order chi connectivity index (χ0) is 97.1. The zero-order valence-electron chi connectivity index (χ0n) is 89.8. The average molecular weight is 2120 g/mol. The molecule has 0 heterocycles. The van der Waals surface area contributed by atoms with Crippen molar-refractivity contribution in [3.8, 4) is 0 Å². The van der Waals surface area contributed by atoms with Crippen LogP contribution in [0.15, 0.2) is 30.0 Å². The summed E-state index contributed by atoms with van der Waals surface area (Å²) >= 11 is 0. The van der Waals surface area contributed by atoms with Crippen molar-refractivity contribution >= 4 is 86.7 Å². The van der Waals surface area contributed by atoms with Crippen molar-refractivity contribution in [1.82, 2.24) is 19.6 Å². The van der Waals surface area contributed by atoms with Crippen LogP contribution in [0.1, 0.15) is 222 Å². The van der Waals surface area contributed by atoms with Gasteiger partial charge >= 0.3 is 16.8 Å². The third kappa shape index (κ3) is 237. The van der Waals surface area contributed by atoms with E-state index in [0.717, 1.165) is 0 Å². The van der Waals surface area contributed by atoms with Gasteiger partial charge in [0.05, 0.1) is 67.1 Å². The molecular weight excluding hydrogens is 1910 g/mol. The van der Waals surface area contributed by atoms with Gasteiger partial charge in [-0.15, -0.1) is 0 Å². The molecule has 0 fully saturated rings. The number of nitrogens with zero attached hydrogens (tertiary/aromatic N) is 13. The van der Waals surface area contributed by atoms with E-state index in [-0.39, 0.29) is 136 Å². The molecule has 0 aliphatic rings. The van der Waals surface area contributed by atoms with Crippen molar-refractivity contribution in [3.63, 3.8) is 0 Å². The molecule has 0 aromatic rings. The fourth-order valence-electron chi connectivity index (χ4n) is 8.36. The van der Waals surface area contributed by atoms with E-state index in [4.69, 9.17) is 54.8 Å². The third-order valence-electron chi connectivity index (χ3n) is 10.9. The van der Waals surface area contributed by atoms with Gasteiger partial charge in [-0.2, -0.15) is 0 Å². The summed E-state index contributed by atoms with van der Waals surface area (Å²) in [4.78, 5) is 31.7. The van der Waals surface area contributed by atoms with E-state index in [1.54, 1.807) is 164 Å². The van der Waals surface area contributed by atoms with Gasteiger partial charge in [-0.1, -0.05) is 195 Å². The van der Waals surface area contributed by atoms with Crippen LogP contribution in [0.5, 0.6) is 0 Å². The first kappa shape index (κ1) is 169. The van der Waals surface area contributed by atoms with E-state index in [2.05, 4.69) is 148 Å². The quantitative estimate of drug-likeness (QED) is 0.0317. The van der Waals surface area contributed by atoms with E-state index < -0.39 is 105 Å². The van der Waals surface area contributed by atoms with Crippen LogP contribution in [0.2, 0.25) is 118 Å². The monoisotopic (exact) mass is 2110 g/mol. The predicted molar refractivity (Wildman–Crippen MR) is 538 cm³/mol. The van der Waals surface area contributed by atoms with Crippen LogP contribution in [-0.4, -0.2) is 333 Å². The summed E-state index contributed by atoms with van der Waals surface area (Å²) in [5.74, 6) is 0.396. The van der Waals surface area contributed by atoms with Crippen molar-refractivity contribution in [2.45, 2.75) is 419 Å². The van der Waals surface area contributed by atoms with Gasteiger partial charge in [0.25, 0.3) is 0 Å². The van der Waals surface area contributed by atoms with Gasteiger partial charge in [0.1, 0.15) is 0 Å². The van der Waals surface area contributed by atoms with Crippen molar-refractivity contribution in [1.29, 1.82) is 0 Å². The number of aliphatic hydroxyl groups is 10. The molecule has 35 heteroatoms. The number of hydrogen-bond acceptors (Lipinski definition) is 20. The van der Waals surface area contributed by atoms with Gasteiger partial charge in [-0.25, -0.2) is 0 Å². The summed E-state index contributed by atoms with van der Waals surface area (Å²) in [6, 6.07) is 0.549. The fraction of sp³-hybridized carbons (Fsp3) is 0.930. The molecule has 0 saturated heterocycles. The maximum absolute atomic E-state index is 9.81. The van der Waals surface area contributed by atoms with Crippen LogP contribution in [0, 0.1) is 11.8 Å². The maximum atomic E-state index is 9.81. The average Bonchev–Trinajstić information content (AvgIpc) is 0.893. The molecule has 0 aromatic carbocycles. The smallest absolute Gasteiger partial charge is 0.668 e. The third-order valence-corrected chi connectivity index (χ3v) is 27.0. The normalized spacial score (nSPS) is 13.7. The molecule has 0 bridgehead atoms. The van der Waals surface area contributed by atoms with Gasteiger partial charge in [0, 0.05) is 174 Å². The van der Waals surface area contributed by atoms with E-state index in [1.807, 2.05) is 173 Å². The summed E-state index contributed by atoms with van der Waals surface area (Å²) in [5, 5.41) is 92.2. The number of hydrogen-bond donors (Lipinski definition) is 10. The molecule has 0 aliphatic heterocycles. The Kier molecular flexibility index (Phi) is 106. The minimum absolute atomic E-state index is 0. The summed E-state index contributed by atoms with van der Waals surface area (Å²) < 4.78 is 14.5. The first-order chi connectivity index (χ1) is 49.0. The summed E-state index contributed by atoms with van der Waals surface area (Å²) in [7, 11) is 12.2. The first-order valence-electron chi connectivity index (χ1n) is 41.2. The Bertz CT molecular complexity index is 2210. The van der Waals surface area contributed by atoms with Crippen LogP contribution in [0.25, 0.3) is 13.9 Å². The van der Waals surface area contributed by atoms with Crippen molar-refractivity contribution < 1.29 is 152 Å². The van der Waals surface area contributed by atoms with Crippen LogP contribution in [-0.2, 0) is 101 Å². The van der Waals surface area contributed by atoms with Gasteiger partial charge in [-0.3, -0.25) is 30.0 Å². The Labute approximate surface area is 822 Å². The molecule has 10 N–H and O–H groups in total. The van der Waals surface area contributed by atoms with Gasteiger partial charge < -0.3 is 84.6 Å². The van der Waals surface area contributed by atoms with Crippen LogP contribution in [0.3, 0.4) is 0 Å². The molecule has 760 valence electrons. The topological polar surface area (TPSA) is 332 Å². The second kappa shape index (κ2) is 76.0. The summed E-state index contributed by atoms with van der Waals surface area (Å²) in [6.45, 7) is 104. The van der Waals surface area contributed by atoms with Crippen molar-refractivity contribution in [2.24, 2.45) is 41.8 Å². The number of rotatable bonds is 24. The second-order valence-electron chi connectivity index (χ2n) is 45.3. The van der Waals surface area contributed by atoms with Gasteiger partial charge in [0.2, 0.25) is 0 Å². The predicted octanol–water partition coefficient (Wildman–Crippen LogP) is 18.3. The minimum Gasteiger partial charge on any atom is -0.668 e. The van der Waals surface area contributed by atoms with E-state index in [1.165, 1.54) is 12.4 Å². The molecule has 23 nitrogen and oxygen atoms in total. The largest absolute Gasteiger partial charge is 3.00 e. The Morgan fingerprint density at radius 1 is 0.281 bits per heavy atom. The second-order valence-corrected chi connectivity index (χ2v) is 74.0. The number of aliphatic imine (C=N–C) groups is 6. The Balaban J connectivity index is -0.0000000547. The Morgan fingerprint density at radius 2 is 0.413 bits per heavy atom. The Morgan fingerprint density at radius 3 is 0.446 bits per heavy atom. The van der Waals surface area contributed by atoms with Gasteiger partial charge in [-0.05, 0) is 262 Å². The molecule has 2 unspecified atom stereocenters. The van der Waals surface area contributed by atoms with E-state index >= 15 is 0 Å². The van der Waals surface area contributed by atoms with Crippen LogP contribution < -0.4 is 0 Å². The zero-order valence-corrected chi connectivity index (χ0v) is 102. The molecule has 0 aromatic heterocycles. The molecule has 121 heavy (non-hydrogen) atoms. The van der Waals surface area contributed by atoms with E-state index in [0.29, 0.717) is 26.2 Å². The van der Waals surface area contributed by atoms with E-state index in [9.17, 15) is 10.2 Å². The number of likely N-dealkylation sites (N-methyl/N-ethyl adjacent to an activating group) is 4. The van der Waals surface area contributed by atoms with Crippen molar-refractivity contribution in [2.75, 3.05) is 96.7 Å². The molecule has 0 amide bonds. The molecule has 4 radical (unpaired) electrons. The summed E-state index contributed by atoms with van der Waals surface area (Å²) in [5.41, 5.74) is -6.98. The van der Waals surface area contributed by atoms with Crippen LogP contribution >= 0.6 is 0 Å².